The Bertz CT molecular complexity index is 784. The fourth-order valence-corrected chi connectivity index (χ4v) is 3.47. The van der Waals surface area contributed by atoms with Crippen molar-refractivity contribution in [2.75, 3.05) is 11.9 Å². The Morgan fingerprint density at radius 3 is 2.69 bits per heavy atom. The van der Waals surface area contributed by atoms with Gasteiger partial charge in [-0.25, -0.2) is 4.79 Å². The second-order valence-corrected chi connectivity index (χ2v) is 8.91. The van der Waals surface area contributed by atoms with Crippen molar-refractivity contribution in [2.24, 2.45) is 0 Å². The maximum atomic E-state index is 12.8. The third-order valence-corrected chi connectivity index (χ3v) is 4.75. The molecular weight excluding hydrogens is 380 g/mol. The molecule has 0 radical (unpaired) electrons. The molecule has 1 aromatic rings. The molecule has 2 aliphatic rings. The van der Waals surface area contributed by atoms with E-state index in [9.17, 15) is 14.7 Å². The summed E-state index contributed by atoms with van der Waals surface area (Å²) in [6, 6.07) is -0.105. The van der Waals surface area contributed by atoms with Gasteiger partial charge in [0.1, 0.15) is 11.7 Å². The zero-order chi connectivity index (χ0) is 21.6. The lowest BCUT2D eigenvalue weighted by atomic mass is 10.1. The number of aliphatic hydroxyl groups is 1. The molecule has 1 saturated heterocycles. The summed E-state index contributed by atoms with van der Waals surface area (Å²) in [6.45, 7) is 11.1. The summed E-state index contributed by atoms with van der Waals surface area (Å²) in [4.78, 5) is 26.9. The van der Waals surface area contributed by atoms with Crippen LogP contribution in [-0.4, -0.2) is 68.0 Å². The molecule has 10 nitrogen and oxygen atoms in total. The number of nitrogens with zero attached hydrogens (tertiary/aromatic N) is 3. The molecule has 3 rings (SSSR count). The van der Waals surface area contributed by atoms with Gasteiger partial charge in [0, 0.05) is 0 Å². The summed E-state index contributed by atoms with van der Waals surface area (Å²) in [5.41, 5.74) is 0.582. The third-order valence-electron chi connectivity index (χ3n) is 4.75. The first kappa shape index (κ1) is 21.5. The molecule has 0 aliphatic carbocycles. The van der Waals surface area contributed by atoms with Crippen molar-refractivity contribution in [3.8, 4) is 0 Å². The summed E-state index contributed by atoms with van der Waals surface area (Å²) in [5, 5.41) is 16.6. The van der Waals surface area contributed by atoms with Gasteiger partial charge >= 0.3 is 6.09 Å². The lowest BCUT2D eigenvalue weighted by molar-refractivity contribution is -0.155. The van der Waals surface area contributed by atoms with Crippen LogP contribution in [0.3, 0.4) is 0 Å². The number of hydrogen-bond donors (Lipinski definition) is 2. The molecule has 3 atom stereocenters. The number of amides is 2. The van der Waals surface area contributed by atoms with E-state index >= 15 is 0 Å². The molecule has 0 spiro atoms. The van der Waals surface area contributed by atoms with Crippen molar-refractivity contribution < 1.29 is 28.9 Å². The largest absolute Gasteiger partial charge is 0.444 e. The highest BCUT2D eigenvalue weighted by Gasteiger charge is 2.45. The lowest BCUT2D eigenvalue weighted by Crippen LogP contribution is -2.47. The van der Waals surface area contributed by atoms with Gasteiger partial charge in [0.05, 0.1) is 43.3 Å². The molecular formula is C19H30N4O6. The van der Waals surface area contributed by atoms with Crippen LogP contribution in [0.25, 0.3) is 0 Å². The number of anilines is 1. The molecule has 3 heterocycles. The van der Waals surface area contributed by atoms with Crippen LogP contribution in [0.15, 0.2) is 6.20 Å². The molecule has 0 bridgehead atoms. The molecule has 2 amide bonds. The normalized spacial score (nSPS) is 26.2. The number of aromatic nitrogens is 2. The van der Waals surface area contributed by atoms with E-state index in [0.29, 0.717) is 17.9 Å². The molecule has 1 aromatic heterocycles. The van der Waals surface area contributed by atoms with Gasteiger partial charge < -0.3 is 24.6 Å². The zero-order valence-electron chi connectivity index (χ0n) is 17.8. The second-order valence-electron chi connectivity index (χ2n) is 8.91. The third kappa shape index (κ3) is 4.71. The molecule has 162 valence electrons. The van der Waals surface area contributed by atoms with Crippen molar-refractivity contribution in [2.45, 2.75) is 84.3 Å². The first-order valence-corrected chi connectivity index (χ1v) is 9.72. The predicted molar refractivity (Wildman–Crippen MR) is 103 cm³/mol. The van der Waals surface area contributed by atoms with Crippen LogP contribution in [-0.2, 0) is 32.1 Å². The number of hydrogen-bond acceptors (Lipinski definition) is 7. The van der Waals surface area contributed by atoms with E-state index in [1.165, 1.54) is 0 Å². The van der Waals surface area contributed by atoms with Gasteiger partial charge in [-0.15, -0.1) is 0 Å². The van der Waals surface area contributed by atoms with Crippen LogP contribution >= 0.6 is 0 Å². The Hall–Kier alpha value is -2.17. The monoisotopic (exact) mass is 410 g/mol. The molecule has 2 aliphatic heterocycles. The van der Waals surface area contributed by atoms with E-state index in [4.69, 9.17) is 14.2 Å². The van der Waals surface area contributed by atoms with Crippen molar-refractivity contribution in [1.82, 2.24) is 14.7 Å². The van der Waals surface area contributed by atoms with Crippen molar-refractivity contribution in [1.29, 1.82) is 0 Å². The summed E-state index contributed by atoms with van der Waals surface area (Å²) in [7, 11) is 0. The Labute approximate surface area is 170 Å². The number of ether oxygens (including phenoxy) is 3. The Kier molecular flexibility index (Phi) is 5.63. The van der Waals surface area contributed by atoms with Gasteiger partial charge in [0.2, 0.25) is 0 Å². The minimum atomic E-state index is -0.962. The van der Waals surface area contributed by atoms with Crippen molar-refractivity contribution in [3.05, 3.63) is 11.9 Å². The van der Waals surface area contributed by atoms with Crippen molar-refractivity contribution in [3.63, 3.8) is 0 Å². The van der Waals surface area contributed by atoms with Crippen LogP contribution < -0.4 is 5.32 Å². The quantitative estimate of drug-likeness (QED) is 0.775. The van der Waals surface area contributed by atoms with Gasteiger partial charge in [0.15, 0.2) is 11.9 Å². The minimum Gasteiger partial charge on any atom is -0.444 e. The lowest BCUT2D eigenvalue weighted by Gasteiger charge is -2.35. The fraction of sp³-hybridized carbons (Fsp3) is 0.737. The second kappa shape index (κ2) is 7.58. The average Bonchev–Trinajstić information content (AvgIpc) is 3.12. The SMILES string of the molecule is C[C@H]1Cn2ncc(NC(=O)[C@@H]3OC(C)(C)O[C@@H]3CO)c2CN1C(=O)OC(C)(C)C. The predicted octanol–water partition coefficient (Wildman–Crippen LogP) is 1.47. The van der Waals surface area contributed by atoms with Gasteiger partial charge in [-0.2, -0.15) is 5.10 Å². The maximum Gasteiger partial charge on any atom is 0.410 e. The molecule has 0 saturated carbocycles. The molecule has 29 heavy (non-hydrogen) atoms. The number of carbonyl (C=O) groups excluding carboxylic acids is 2. The van der Waals surface area contributed by atoms with Crippen LogP contribution in [0, 0.1) is 0 Å². The molecule has 1 fully saturated rings. The van der Waals surface area contributed by atoms with Crippen molar-refractivity contribution >= 4 is 17.7 Å². The number of fused-ring (bicyclic) bond motifs is 1. The van der Waals surface area contributed by atoms with Gasteiger partial charge in [-0.3, -0.25) is 14.4 Å². The summed E-state index contributed by atoms with van der Waals surface area (Å²) >= 11 is 0. The van der Waals surface area contributed by atoms with E-state index in [-0.39, 0.29) is 19.2 Å². The molecule has 0 aromatic carbocycles. The number of nitrogens with one attached hydrogen (secondary N) is 1. The number of carbonyl (C=O) groups is 2. The van der Waals surface area contributed by atoms with E-state index in [1.807, 2.05) is 27.7 Å². The average molecular weight is 410 g/mol. The highest BCUT2D eigenvalue weighted by molar-refractivity contribution is 5.95. The van der Waals surface area contributed by atoms with E-state index in [0.717, 1.165) is 0 Å². The standard InChI is InChI=1S/C19H30N4O6/c1-11-8-23-13(9-22(11)17(26)29-18(2,3)4)12(7-20-23)21-16(25)15-14(10-24)27-19(5,6)28-15/h7,11,14-15,24H,8-10H2,1-6H3,(H,21,25)/t11-,14+,15+/m0/s1. The van der Waals surface area contributed by atoms with E-state index in [2.05, 4.69) is 10.4 Å². The first-order chi connectivity index (χ1) is 13.4. The Morgan fingerprint density at radius 1 is 1.38 bits per heavy atom. The van der Waals surface area contributed by atoms with Crippen LogP contribution in [0.5, 0.6) is 0 Å². The van der Waals surface area contributed by atoms with E-state index in [1.54, 1.807) is 29.6 Å². The van der Waals surface area contributed by atoms with Crippen LogP contribution in [0.2, 0.25) is 0 Å². The highest BCUT2D eigenvalue weighted by atomic mass is 16.8. The molecule has 2 N–H and O–H groups in total. The molecule has 10 heteroatoms. The number of aliphatic hydroxyl groups excluding tert-OH is 1. The van der Waals surface area contributed by atoms with E-state index < -0.39 is 35.6 Å². The summed E-state index contributed by atoms with van der Waals surface area (Å²) in [6.07, 6.45) is -0.568. The Morgan fingerprint density at radius 2 is 2.07 bits per heavy atom. The van der Waals surface area contributed by atoms with Gasteiger partial charge in [0.25, 0.3) is 5.91 Å². The number of rotatable bonds is 3. The van der Waals surface area contributed by atoms with Crippen LogP contribution in [0.4, 0.5) is 10.5 Å². The molecule has 0 unspecified atom stereocenters. The summed E-state index contributed by atoms with van der Waals surface area (Å²) < 4.78 is 18.4. The summed E-state index contributed by atoms with van der Waals surface area (Å²) in [5.74, 6) is -1.40. The topological polar surface area (TPSA) is 115 Å². The highest BCUT2D eigenvalue weighted by Crippen LogP contribution is 2.30. The van der Waals surface area contributed by atoms with Gasteiger partial charge in [-0.05, 0) is 41.5 Å². The zero-order valence-corrected chi connectivity index (χ0v) is 17.8. The minimum absolute atomic E-state index is 0.105. The fourth-order valence-electron chi connectivity index (χ4n) is 3.47. The smallest absolute Gasteiger partial charge is 0.410 e. The van der Waals surface area contributed by atoms with Crippen LogP contribution in [0.1, 0.15) is 47.2 Å². The Balaban J connectivity index is 1.75. The van der Waals surface area contributed by atoms with Gasteiger partial charge in [-0.1, -0.05) is 0 Å². The maximum absolute atomic E-state index is 12.8. The first-order valence-electron chi connectivity index (χ1n) is 9.72.